The van der Waals surface area contributed by atoms with Gasteiger partial charge in [-0.15, -0.1) is 0 Å². The van der Waals surface area contributed by atoms with E-state index in [1.165, 1.54) is 29.6 Å². The molecule has 72 valence electrons. The van der Waals surface area contributed by atoms with Crippen molar-refractivity contribution in [2.24, 2.45) is 40.9 Å². The van der Waals surface area contributed by atoms with Gasteiger partial charge in [0, 0.05) is 0 Å². The molecule has 6 atom stereocenters. The van der Waals surface area contributed by atoms with Crippen LogP contribution in [0.1, 0.15) is 39.5 Å². The Hall–Kier alpha value is 0. The highest BCUT2D eigenvalue weighted by Crippen LogP contribution is 2.76. The topological polar surface area (TPSA) is 0 Å². The lowest BCUT2D eigenvalue weighted by atomic mass is 9.74. The lowest BCUT2D eigenvalue weighted by Crippen LogP contribution is -2.23. The van der Waals surface area contributed by atoms with Crippen molar-refractivity contribution in [3.8, 4) is 0 Å². The number of fused-ring (bicyclic) bond motifs is 1. The molecule has 5 saturated carbocycles. The molecule has 0 nitrogen and oxygen atoms in total. The molecular weight excluding hydrogens is 156 g/mol. The van der Waals surface area contributed by atoms with E-state index in [9.17, 15) is 0 Å². The van der Waals surface area contributed by atoms with E-state index in [0.717, 1.165) is 11.3 Å². The first-order valence-corrected chi connectivity index (χ1v) is 6.18. The molecule has 5 fully saturated rings. The van der Waals surface area contributed by atoms with Crippen LogP contribution in [0.3, 0.4) is 0 Å². The van der Waals surface area contributed by atoms with E-state index in [0.29, 0.717) is 0 Å². The third-order valence-electron chi connectivity index (χ3n) is 5.89. The lowest BCUT2D eigenvalue weighted by Gasteiger charge is -2.31. The molecule has 0 heteroatoms. The molecule has 0 amide bonds. The van der Waals surface area contributed by atoms with Crippen LogP contribution in [0.25, 0.3) is 0 Å². The predicted molar refractivity (Wildman–Crippen MR) is 53.2 cm³/mol. The van der Waals surface area contributed by atoms with Crippen molar-refractivity contribution in [1.29, 1.82) is 0 Å². The minimum absolute atomic E-state index is 0.738. The van der Waals surface area contributed by atoms with Crippen LogP contribution in [0.4, 0.5) is 0 Å². The summed E-state index contributed by atoms with van der Waals surface area (Å²) < 4.78 is 0. The Kier molecular flexibility index (Phi) is 1.04. The van der Waals surface area contributed by atoms with Crippen LogP contribution in [-0.4, -0.2) is 0 Å². The Bertz CT molecular complexity index is 259. The van der Waals surface area contributed by atoms with Gasteiger partial charge < -0.3 is 0 Å². The molecule has 0 N–H and O–H groups in total. The standard InChI is InChI=1S/C13H20/c1-13(2)6-10(13)11-7-3-4-8-9(5-7)12(8)11/h7-12H,3-6H2,1-2H3. The quantitative estimate of drug-likeness (QED) is 0.575. The first kappa shape index (κ1) is 7.31. The van der Waals surface area contributed by atoms with Gasteiger partial charge in [0.2, 0.25) is 0 Å². The molecule has 6 unspecified atom stereocenters. The van der Waals surface area contributed by atoms with Crippen molar-refractivity contribution in [3.63, 3.8) is 0 Å². The van der Waals surface area contributed by atoms with Crippen molar-refractivity contribution in [2.45, 2.75) is 39.5 Å². The zero-order valence-electron chi connectivity index (χ0n) is 8.79. The van der Waals surface area contributed by atoms with Gasteiger partial charge in [-0.25, -0.2) is 0 Å². The average Bonchev–Trinajstić information content (AvgIpc) is 2.92. The average molecular weight is 176 g/mol. The number of hydrogen-bond donors (Lipinski definition) is 0. The number of hydrogen-bond acceptors (Lipinski definition) is 0. The normalized spacial score (nSPS) is 65.1. The maximum absolute atomic E-state index is 2.49. The summed E-state index contributed by atoms with van der Waals surface area (Å²) in [5.41, 5.74) is 0.738. The van der Waals surface area contributed by atoms with Crippen molar-refractivity contribution in [2.75, 3.05) is 0 Å². The fraction of sp³-hybridized carbons (Fsp3) is 1.00. The molecule has 4 bridgehead atoms. The first-order valence-electron chi connectivity index (χ1n) is 6.18. The van der Waals surface area contributed by atoms with Crippen LogP contribution < -0.4 is 0 Å². The molecule has 0 aliphatic heterocycles. The van der Waals surface area contributed by atoms with E-state index in [-0.39, 0.29) is 0 Å². The van der Waals surface area contributed by atoms with E-state index >= 15 is 0 Å². The second kappa shape index (κ2) is 1.85. The molecule has 5 aliphatic rings. The zero-order chi connectivity index (χ0) is 8.79. The Balaban J connectivity index is 1.63. The van der Waals surface area contributed by atoms with Crippen LogP contribution in [-0.2, 0) is 0 Å². The molecule has 0 aromatic carbocycles. The fourth-order valence-electron chi connectivity index (χ4n) is 5.08. The molecule has 5 aliphatic carbocycles. The highest BCUT2D eigenvalue weighted by molar-refractivity contribution is 5.17. The van der Waals surface area contributed by atoms with Gasteiger partial charge in [-0.05, 0) is 66.6 Å². The summed E-state index contributed by atoms with van der Waals surface area (Å²) in [5.74, 6) is 7.17. The maximum Gasteiger partial charge on any atom is -0.0318 e. The second-order valence-electron chi connectivity index (χ2n) is 6.85. The summed E-state index contributed by atoms with van der Waals surface area (Å²) in [6.07, 6.45) is 6.37. The second-order valence-corrected chi connectivity index (χ2v) is 6.85. The van der Waals surface area contributed by atoms with E-state index in [1.54, 1.807) is 25.7 Å². The van der Waals surface area contributed by atoms with Gasteiger partial charge in [0.05, 0.1) is 0 Å². The third kappa shape index (κ3) is 0.750. The largest absolute Gasteiger partial charge is 0.0596 e. The molecule has 0 aromatic rings. The van der Waals surface area contributed by atoms with Crippen molar-refractivity contribution in [1.82, 2.24) is 0 Å². The van der Waals surface area contributed by atoms with Gasteiger partial charge in [0.1, 0.15) is 0 Å². The zero-order valence-corrected chi connectivity index (χ0v) is 8.79. The van der Waals surface area contributed by atoms with E-state index in [1.807, 2.05) is 0 Å². The Morgan fingerprint density at radius 3 is 2.23 bits per heavy atom. The molecular formula is C13H20. The molecule has 0 spiro atoms. The van der Waals surface area contributed by atoms with Gasteiger partial charge in [-0.2, -0.15) is 0 Å². The monoisotopic (exact) mass is 176 g/mol. The molecule has 5 rings (SSSR count). The molecule has 0 saturated heterocycles. The van der Waals surface area contributed by atoms with Gasteiger partial charge in [0.15, 0.2) is 0 Å². The Labute approximate surface area is 81.1 Å². The SMILES string of the molecule is CC1(C)CC1C1C2CCC3C(C2)C31. The summed E-state index contributed by atoms with van der Waals surface area (Å²) in [6, 6.07) is 0. The minimum atomic E-state index is 0.738. The van der Waals surface area contributed by atoms with Crippen LogP contribution in [0.5, 0.6) is 0 Å². The van der Waals surface area contributed by atoms with Gasteiger partial charge in [-0.1, -0.05) is 13.8 Å². The predicted octanol–water partition coefficient (Wildman–Crippen LogP) is 3.32. The summed E-state index contributed by atoms with van der Waals surface area (Å²) in [4.78, 5) is 0. The summed E-state index contributed by atoms with van der Waals surface area (Å²) in [7, 11) is 0. The molecule has 0 aromatic heterocycles. The van der Waals surface area contributed by atoms with Gasteiger partial charge in [-0.3, -0.25) is 0 Å². The van der Waals surface area contributed by atoms with Crippen LogP contribution >= 0.6 is 0 Å². The van der Waals surface area contributed by atoms with E-state index in [2.05, 4.69) is 13.8 Å². The Morgan fingerprint density at radius 2 is 1.77 bits per heavy atom. The van der Waals surface area contributed by atoms with Crippen molar-refractivity contribution >= 4 is 0 Å². The van der Waals surface area contributed by atoms with Crippen molar-refractivity contribution in [3.05, 3.63) is 0 Å². The third-order valence-corrected chi connectivity index (χ3v) is 5.89. The highest BCUT2D eigenvalue weighted by Gasteiger charge is 2.69. The molecule has 0 heterocycles. The minimum Gasteiger partial charge on any atom is -0.0596 e. The van der Waals surface area contributed by atoms with Gasteiger partial charge >= 0.3 is 0 Å². The lowest BCUT2D eigenvalue weighted by molar-refractivity contribution is 0.183. The van der Waals surface area contributed by atoms with Gasteiger partial charge in [0.25, 0.3) is 0 Å². The van der Waals surface area contributed by atoms with Crippen LogP contribution in [0.15, 0.2) is 0 Å². The fourth-order valence-corrected chi connectivity index (χ4v) is 5.08. The van der Waals surface area contributed by atoms with Crippen LogP contribution in [0.2, 0.25) is 0 Å². The van der Waals surface area contributed by atoms with E-state index in [4.69, 9.17) is 0 Å². The smallest absolute Gasteiger partial charge is 0.0318 e. The maximum atomic E-state index is 2.49. The summed E-state index contributed by atoms with van der Waals surface area (Å²) >= 11 is 0. The first-order chi connectivity index (χ1) is 6.18. The Morgan fingerprint density at radius 1 is 1.00 bits per heavy atom. The summed E-state index contributed by atoms with van der Waals surface area (Å²) in [5, 5.41) is 0. The van der Waals surface area contributed by atoms with Crippen LogP contribution in [0, 0.1) is 40.9 Å². The number of rotatable bonds is 1. The summed E-state index contributed by atoms with van der Waals surface area (Å²) in [6.45, 7) is 4.97. The molecule has 13 heavy (non-hydrogen) atoms. The highest BCUT2D eigenvalue weighted by atomic mass is 14.7. The molecule has 0 radical (unpaired) electrons. The van der Waals surface area contributed by atoms with Crippen molar-refractivity contribution < 1.29 is 0 Å². The van der Waals surface area contributed by atoms with E-state index < -0.39 is 0 Å².